The molecule has 1 atom stereocenters. The molecule has 0 spiro atoms. The first-order valence-electron chi connectivity index (χ1n) is 6.32. The van der Waals surface area contributed by atoms with Gasteiger partial charge >= 0.3 is 11.7 Å². The van der Waals surface area contributed by atoms with Crippen LogP contribution in [0.2, 0.25) is 0 Å². The number of para-hydroxylation sites is 1. The third-order valence-corrected chi connectivity index (χ3v) is 3.68. The first-order chi connectivity index (χ1) is 9.47. The van der Waals surface area contributed by atoms with Gasteiger partial charge < -0.3 is 10.4 Å². The zero-order valence-electron chi connectivity index (χ0n) is 11.5. The topological polar surface area (TPSA) is 92.5 Å². The van der Waals surface area contributed by atoms with Crippen LogP contribution in [0.1, 0.15) is 30.6 Å². The third kappa shape index (κ3) is 4.41. The average molecular weight is 298 g/mol. The van der Waals surface area contributed by atoms with Gasteiger partial charge in [0.25, 0.3) is 0 Å². The van der Waals surface area contributed by atoms with Crippen molar-refractivity contribution in [2.24, 2.45) is 0 Å². The van der Waals surface area contributed by atoms with Gasteiger partial charge in [-0.1, -0.05) is 13.0 Å². The lowest BCUT2D eigenvalue weighted by Gasteiger charge is -2.15. The van der Waals surface area contributed by atoms with Crippen molar-refractivity contribution in [3.05, 3.63) is 33.9 Å². The summed E-state index contributed by atoms with van der Waals surface area (Å²) < 4.78 is 0. The molecule has 6 nitrogen and oxygen atoms in total. The van der Waals surface area contributed by atoms with Crippen LogP contribution in [0.4, 0.5) is 11.4 Å². The van der Waals surface area contributed by atoms with Crippen molar-refractivity contribution in [2.75, 3.05) is 16.8 Å². The van der Waals surface area contributed by atoms with Crippen molar-refractivity contribution < 1.29 is 14.8 Å². The van der Waals surface area contributed by atoms with Gasteiger partial charge in [0.05, 0.1) is 4.92 Å². The van der Waals surface area contributed by atoms with E-state index in [1.165, 1.54) is 18.2 Å². The Morgan fingerprint density at radius 2 is 2.25 bits per heavy atom. The molecule has 7 heteroatoms. The fourth-order valence-corrected chi connectivity index (χ4v) is 2.58. The number of nitro benzene ring substituents is 1. The normalized spacial score (nSPS) is 11.9. The van der Waals surface area contributed by atoms with Crippen molar-refractivity contribution in [2.45, 2.75) is 26.3 Å². The number of nitrogens with one attached hydrogen (secondary N) is 1. The van der Waals surface area contributed by atoms with Crippen LogP contribution in [-0.2, 0) is 0 Å². The van der Waals surface area contributed by atoms with Crippen LogP contribution >= 0.6 is 11.8 Å². The lowest BCUT2D eigenvalue weighted by molar-refractivity contribution is -0.384. The standard InChI is InChI=1S/C13H18N2O4S/c1-3-20-8-7-9(2)14-11-6-4-5-10(13(16)17)12(11)15(18)19/h4-6,9,14H,3,7-8H2,1-2H3,(H,16,17). The smallest absolute Gasteiger partial charge is 0.342 e. The highest BCUT2D eigenvalue weighted by Crippen LogP contribution is 2.29. The van der Waals surface area contributed by atoms with E-state index in [1.54, 1.807) is 11.8 Å². The summed E-state index contributed by atoms with van der Waals surface area (Å²) in [6.07, 6.45) is 0.854. The number of aromatic carboxylic acids is 1. The molecule has 0 aliphatic rings. The fraction of sp³-hybridized carbons (Fsp3) is 0.462. The van der Waals surface area contributed by atoms with Gasteiger partial charge in [0.15, 0.2) is 0 Å². The largest absolute Gasteiger partial charge is 0.477 e. The molecular formula is C13H18N2O4S. The summed E-state index contributed by atoms with van der Waals surface area (Å²) in [5.74, 6) is 0.688. The molecule has 1 unspecified atom stereocenters. The minimum atomic E-state index is -1.30. The monoisotopic (exact) mass is 298 g/mol. The van der Waals surface area contributed by atoms with Gasteiger partial charge in [0.1, 0.15) is 11.3 Å². The number of carbonyl (C=O) groups is 1. The molecule has 0 heterocycles. The van der Waals surface area contributed by atoms with Crippen molar-refractivity contribution in [1.82, 2.24) is 0 Å². The van der Waals surface area contributed by atoms with Crippen LogP contribution < -0.4 is 5.32 Å². The van der Waals surface area contributed by atoms with Crippen LogP contribution in [0.25, 0.3) is 0 Å². The molecule has 110 valence electrons. The van der Waals surface area contributed by atoms with Gasteiger partial charge in [-0.3, -0.25) is 10.1 Å². The van der Waals surface area contributed by atoms with Gasteiger partial charge in [-0.2, -0.15) is 11.8 Å². The Balaban J connectivity index is 2.92. The second kappa shape index (κ2) is 7.74. The molecular weight excluding hydrogens is 280 g/mol. The van der Waals surface area contributed by atoms with E-state index in [1.807, 2.05) is 6.92 Å². The Labute approximate surface area is 121 Å². The van der Waals surface area contributed by atoms with Crippen molar-refractivity contribution >= 4 is 29.1 Å². The predicted octanol–water partition coefficient (Wildman–Crippen LogP) is 3.24. The van der Waals surface area contributed by atoms with Gasteiger partial charge in [-0.25, -0.2) is 4.79 Å². The maximum atomic E-state index is 11.1. The Morgan fingerprint density at radius 1 is 1.55 bits per heavy atom. The van der Waals surface area contributed by atoms with Crippen molar-refractivity contribution in [1.29, 1.82) is 0 Å². The van der Waals surface area contributed by atoms with E-state index in [4.69, 9.17) is 5.11 Å². The molecule has 0 saturated heterocycles. The van der Waals surface area contributed by atoms with Gasteiger partial charge in [-0.05, 0) is 37.0 Å². The van der Waals surface area contributed by atoms with E-state index in [0.717, 1.165) is 17.9 Å². The molecule has 1 rings (SSSR count). The number of thioether (sulfide) groups is 1. The van der Waals surface area contributed by atoms with E-state index in [9.17, 15) is 14.9 Å². The number of hydrogen-bond donors (Lipinski definition) is 2. The number of nitro groups is 1. The molecule has 0 bridgehead atoms. The quantitative estimate of drug-likeness (QED) is 0.435. The Kier molecular flexibility index (Phi) is 6.30. The summed E-state index contributed by atoms with van der Waals surface area (Å²) in [6.45, 7) is 4.00. The van der Waals surface area contributed by atoms with Crippen molar-refractivity contribution in [3.8, 4) is 0 Å². The van der Waals surface area contributed by atoms with Crippen LogP contribution in [-0.4, -0.2) is 33.5 Å². The number of anilines is 1. The maximum absolute atomic E-state index is 11.1. The van der Waals surface area contributed by atoms with Crippen LogP contribution in [0.3, 0.4) is 0 Å². The first kappa shape index (κ1) is 16.3. The van der Waals surface area contributed by atoms with Gasteiger partial charge in [0.2, 0.25) is 0 Å². The molecule has 1 aromatic carbocycles. The maximum Gasteiger partial charge on any atom is 0.342 e. The van der Waals surface area contributed by atoms with E-state index >= 15 is 0 Å². The van der Waals surface area contributed by atoms with Gasteiger partial charge in [-0.15, -0.1) is 0 Å². The summed E-state index contributed by atoms with van der Waals surface area (Å²) in [4.78, 5) is 21.5. The Bertz CT molecular complexity index is 493. The molecule has 2 N–H and O–H groups in total. The SMILES string of the molecule is CCSCCC(C)Nc1cccc(C(=O)O)c1[N+](=O)[O-]. The molecule has 0 aromatic heterocycles. The predicted molar refractivity (Wildman–Crippen MR) is 80.8 cm³/mol. The van der Waals surface area contributed by atoms with Crippen LogP contribution in [0.15, 0.2) is 18.2 Å². The fourth-order valence-electron chi connectivity index (χ4n) is 1.77. The Morgan fingerprint density at radius 3 is 2.80 bits per heavy atom. The molecule has 0 amide bonds. The zero-order valence-corrected chi connectivity index (χ0v) is 12.3. The number of benzene rings is 1. The summed E-state index contributed by atoms with van der Waals surface area (Å²) in [5.41, 5.74) is -0.422. The summed E-state index contributed by atoms with van der Waals surface area (Å²) in [5, 5.41) is 23.1. The molecule has 0 aliphatic heterocycles. The number of carboxylic acid groups (broad SMARTS) is 1. The molecule has 1 aromatic rings. The van der Waals surface area contributed by atoms with Crippen LogP contribution in [0, 0.1) is 10.1 Å². The molecule has 0 radical (unpaired) electrons. The van der Waals surface area contributed by atoms with E-state index in [-0.39, 0.29) is 23.0 Å². The minimum Gasteiger partial charge on any atom is -0.477 e. The zero-order chi connectivity index (χ0) is 15.1. The van der Waals surface area contributed by atoms with E-state index < -0.39 is 10.9 Å². The highest BCUT2D eigenvalue weighted by atomic mass is 32.2. The minimum absolute atomic E-state index is 0.0387. The number of hydrogen-bond acceptors (Lipinski definition) is 5. The second-order valence-corrected chi connectivity index (χ2v) is 5.69. The lowest BCUT2D eigenvalue weighted by atomic mass is 10.1. The van der Waals surface area contributed by atoms with Crippen molar-refractivity contribution in [3.63, 3.8) is 0 Å². The third-order valence-electron chi connectivity index (χ3n) is 2.75. The molecule has 20 heavy (non-hydrogen) atoms. The highest BCUT2D eigenvalue weighted by molar-refractivity contribution is 7.99. The summed E-state index contributed by atoms with van der Waals surface area (Å²) >= 11 is 1.80. The first-order valence-corrected chi connectivity index (χ1v) is 7.47. The highest BCUT2D eigenvalue weighted by Gasteiger charge is 2.24. The number of nitrogens with zero attached hydrogens (tertiary/aromatic N) is 1. The van der Waals surface area contributed by atoms with Gasteiger partial charge in [0, 0.05) is 6.04 Å². The van der Waals surface area contributed by atoms with E-state index in [0.29, 0.717) is 0 Å². The summed E-state index contributed by atoms with van der Waals surface area (Å²) in [6, 6.07) is 4.32. The second-order valence-electron chi connectivity index (χ2n) is 4.29. The number of carboxylic acids is 1. The lowest BCUT2D eigenvalue weighted by Crippen LogP contribution is -2.18. The van der Waals surface area contributed by atoms with E-state index in [2.05, 4.69) is 12.2 Å². The molecule has 0 fully saturated rings. The average Bonchev–Trinajstić information content (AvgIpc) is 2.38. The molecule has 0 aliphatic carbocycles. The number of rotatable bonds is 8. The molecule has 0 saturated carbocycles. The van der Waals surface area contributed by atoms with Crippen LogP contribution in [0.5, 0.6) is 0 Å². The Hall–Kier alpha value is -1.76. The summed E-state index contributed by atoms with van der Waals surface area (Å²) in [7, 11) is 0.